The molecule has 4 heterocycles. The second-order valence-electron chi connectivity index (χ2n) is 9.39. The minimum absolute atomic E-state index is 0.00724. The van der Waals surface area contributed by atoms with Crippen molar-refractivity contribution in [2.24, 2.45) is 0 Å². The molecule has 0 atom stereocenters. The fourth-order valence-corrected chi connectivity index (χ4v) is 4.22. The molecule has 0 bridgehead atoms. The molecule has 0 unspecified atom stereocenters. The Kier molecular flexibility index (Phi) is 7.22. The van der Waals surface area contributed by atoms with Crippen LogP contribution in [-0.2, 0) is 12.2 Å². The van der Waals surface area contributed by atoms with E-state index in [-0.39, 0.29) is 34.5 Å². The molecule has 0 fully saturated rings. The summed E-state index contributed by atoms with van der Waals surface area (Å²) in [5.74, 6) is -1.45. The van der Waals surface area contributed by atoms with E-state index in [0.717, 1.165) is 6.20 Å². The van der Waals surface area contributed by atoms with Crippen LogP contribution >= 0.6 is 11.6 Å². The third-order valence-electron chi connectivity index (χ3n) is 6.02. The van der Waals surface area contributed by atoms with Gasteiger partial charge in [0.05, 0.1) is 17.5 Å². The Labute approximate surface area is 221 Å². The summed E-state index contributed by atoms with van der Waals surface area (Å²) >= 11 is 6.35. The summed E-state index contributed by atoms with van der Waals surface area (Å²) in [4.78, 5) is 34.6. The van der Waals surface area contributed by atoms with Crippen molar-refractivity contribution in [1.29, 1.82) is 0 Å². The van der Waals surface area contributed by atoms with Crippen LogP contribution in [-0.4, -0.2) is 24.2 Å². The average molecular weight is 543 g/mol. The third kappa shape index (κ3) is 5.09. The molecule has 0 amide bonds. The largest absolute Gasteiger partial charge is 0.485 e. The van der Waals surface area contributed by atoms with E-state index in [9.17, 15) is 23.5 Å². The van der Waals surface area contributed by atoms with Gasteiger partial charge < -0.3 is 9.84 Å². The van der Waals surface area contributed by atoms with E-state index in [1.807, 2.05) is 0 Å². The van der Waals surface area contributed by atoms with Gasteiger partial charge in [-0.1, -0.05) is 11.6 Å². The number of nitrogens with zero attached hydrogens (tertiary/aromatic N) is 4. The van der Waals surface area contributed by atoms with E-state index in [0.29, 0.717) is 28.7 Å². The van der Waals surface area contributed by atoms with Gasteiger partial charge in [-0.25, -0.2) is 13.8 Å². The first-order valence-corrected chi connectivity index (χ1v) is 11.9. The molecule has 0 saturated heterocycles. The van der Waals surface area contributed by atoms with Crippen molar-refractivity contribution in [1.82, 2.24) is 19.1 Å². The number of rotatable bonds is 6. The topological polar surface area (TPSA) is 99.2 Å². The Morgan fingerprint density at radius 2 is 1.68 bits per heavy atom. The van der Waals surface area contributed by atoms with Gasteiger partial charge in [-0.05, 0) is 52.3 Å². The first-order valence-electron chi connectivity index (χ1n) is 11.6. The highest BCUT2D eigenvalue weighted by Crippen LogP contribution is 2.26. The molecule has 198 valence electrons. The highest BCUT2D eigenvalue weighted by molar-refractivity contribution is 6.31. The molecule has 4 rings (SSSR count). The minimum Gasteiger partial charge on any atom is -0.485 e. The molecule has 8 nitrogen and oxygen atoms in total. The molecule has 4 aromatic heterocycles. The SMILES string of the molecule is Cc1cnc(-n2c(C)ccc(C(C)(C)O)c2=O)cc1-n1c(C)cc(OCc2ncc(F)cc2F)c(Cl)c1=O. The highest BCUT2D eigenvalue weighted by Gasteiger charge is 2.23. The van der Waals surface area contributed by atoms with E-state index >= 15 is 0 Å². The van der Waals surface area contributed by atoms with Crippen LogP contribution in [0.25, 0.3) is 11.5 Å². The summed E-state index contributed by atoms with van der Waals surface area (Å²) in [7, 11) is 0. The van der Waals surface area contributed by atoms with Crippen LogP contribution in [0.1, 0.15) is 42.1 Å². The zero-order valence-corrected chi connectivity index (χ0v) is 22.1. The average Bonchev–Trinajstić information content (AvgIpc) is 2.82. The van der Waals surface area contributed by atoms with E-state index < -0.39 is 28.4 Å². The van der Waals surface area contributed by atoms with Gasteiger partial charge in [0.2, 0.25) is 0 Å². The van der Waals surface area contributed by atoms with Gasteiger partial charge in [0.1, 0.15) is 34.7 Å². The van der Waals surface area contributed by atoms with E-state index in [1.165, 1.54) is 35.2 Å². The van der Waals surface area contributed by atoms with Crippen LogP contribution in [0, 0.1) is 32.4 Å². The molecule has 38 heavy (non-hydrogen) atoms. The van der Waals surface area contributed by atoms with Gasteiger partial charge in [0.15, 0.2) is 5.82 Å². The van der Waals surface area contributed by atoms with Crippen LogP contribution in [0.4, 0.5) is 8.78 Å². The molecule has 0 saturated carbocycles. The van der Waals surface area contributed by atoms with Crippen molar-refractivity contribution in [3.63, 3.8) is 0 Å². The van der Waals surface area contributed by atoms with Crippen LogP contribution in [0.2, 0.25) is 5.02 Å². The number of pyridine rings is 4. The van der Waals surface area contributed by atoms with Crippen molar-refractivity contribution < 1.29 is 18.6 Å². The molecular formula is C27H25ClF2N4O4. The first kappa shape index (κ1) is 27.2. The summed E-state index contributed by atoms with van der Waals surface area (Å²) in [6, 6.07) is 7.06. The van der Waals surface area contributed by atoms with Crippen LogP contribution in [0.5, 0.6) is 5.75 Å². The molecule has 0 spiro atoms. The molecule has 4 aromatic rings. The molecule has 0 radical (unpaired) electrons. The summed E-state index contributed by atoms with van der Waals surface area (Å²) < 4.78 is 35.3. The summed E-state index contributed by atoms with van der Waals surface area (Å²) in [5, 5.41) is 10.2. The number of ether oxygens (including phenoxy) is 1. The van der Waals surface area contributed by atoms with Gasteiger partial charge in [-0.2, -0.15) is 0 Å². The minimum atomic E-state index is -1.37. The first-order chi connectivity index (χ1) is 17.8. The van der Waals surface area contributed by atoms with E-state index in [2.05, 4.69) is 9.97 Å². The summed E-state index contributed by atoms with van der Waals surface area (Å²) in [6.07, 6.45) is 2.39. The molecule has 0 aromatic carbocycles. The van der Waals surface area contributed by atoms with Gasteiger partial charge in [0.25, 0.3) is 11.1 Å². The second-order valence-corrected chi connectivity index (χ2v) is 9.77. The maximum atomic E-state index is 13.9. The van der Waals surface area contributed by atoms with Crippen LogP contribution < -0.4 is 15.9 Å². The maximum Gasteiger partial charge on any atom is 0.277 e. The maximum absolute atomic E-state index is 13.9. The van der Waals surface area contributed by atoms with Gasteiger partial charge in [-0.15, -0.1) is 0 Å². The summed E-state index contributed by atoms with van der Waals surface area (Å²) in [5.41, 5.74) is -0.290. The van der Waals surface area contributed by atoms with E-state index in [1.54, 1.807) is 39.0 Å². The lowest BCUT2D eigenvalue weighted by Crippen LogP contribution is -2.32. The lowest BCUT2D eigenvalue weighted by atomic mass is 9.99. The molecule has 0 aliphatic carbocycles. The van der Waals surface area contributed by atoms with Crippen LogP contribution in [0.15, 0.2) is 52.3 Å². The molecular weight excluding hydrogens is 518 g/mol. The van der Waals surface area contributed by atoms with Crippen molar-refractivity contribution in [3.8, 4) is 17.3 Å². The number of aliphatic hydroxyl groups is 1. The predicted molar refractivity (Wildman–Crippen MR) is 138 cm³/mol. The van der Waals surface area contributed by atoms with Gasteiger partial charge in [0, 0.05) is 41.3 Å². The Balaban J connectivity index is 1.79. The highest BCUT2D eigenvalue weighted by atomic mass is 35.5. The molecule has 1 N–H and O–H groups in total. The lowest BCUT2D eigenvalue weighted by molar-refractivity contribution is 0.0767. The smallest absolute Gasteiger partial charge is 0.277 e. The number of aryl methyl sites for hydroxylation is 3. The molecule has 11 heteroatoms. The Hall–Kier alpha value is -3.89. The standard InChI is InChI=1S/C27H25ClF2N4O4/c1-14-11-32-23(34-15(2)6-7-18(25(34)35)27(4,5)37)10-21(14)33-16(3)8-22(24(28)26(33)36)38-13-20-19(30)9-17(29)12-31-20/h6-12,37H,13H2,1-5H3. The predicted octanol–water partition coefficient (Wildman–Crippen LogP) is 4.44. The van der Waals surface area contributed by atoms with Gasteiger partial charge >= 0.3 is 0 Å². The molecule has 0 aliphatic rings. The third-order valence-corrected chi connectivity index (χ3v) is 6.36. The molecule has 0 aliphatic heterocycles. The zero-order chi connectivity index (χ0) is 27.9. The van der Waals surface area contributed by atoms with Crippen molar-refractivity contribution >= 4 is 11.6 Å². The zero-order valence-electron chi connectivity index (χ0n) is 21.3. The van der Waals surface area contributed by atoms with Crippen molar-refractivity contribution in [2.75, 3.05) is 0 Å². The Bertz CT molecular complexity index is 1680. The quantitative estimate of drug-likeness (QED) is 0.387. The number of aromatic nitrogens is 4. The monoisotopic (exact) mass is 542 g/mol. The normalized spacial score (nSPS) is 11.6. The Morgan fingerprint density at radius 1 is 0.974 bits per heavy atom. The summed E-state index contributed by atoms with van der Waals surface area (Å²) in [6.45, 7) is 7.82. The number of halogens is 3. The fraction of sp³-hybridized carbons (Fsp3) is 0.259. The number of hydrogen-bond acceptors (Lipinski definition) is 6. The van der Waals surface area contributed by atoms with Gasteiger partial charge in [-0.3, -0.25) is 23.7 Å². The van der Waals surface area contributed by atoms with E-state index in [4.69, 9.17) is 16.3 Å². The second kappa shape index (κ2) is 10.1. The van der Waals surface area contributed by atoms with Crippen LogP contribution in [0.3, 0.4) is 0 Å². The lowest BCUT2D eigenvalue weighted by Gasteiger charge is -2.20. The number of hydrogen-bond donors (Lipinski definition) is 1. The Morgan fingerprint density at radius 3 is 2.34 bits per heavy atom. The van der Waals surface area contributed by atoms with Crippen molar-refractivity contribution in [2.45, 2.75) is 46.8 Å². The fourth-order valence-electron chi connectivity index (χ4n) is 4.03. The van der Waals surface area contributed by atoms with Crippen molar-refractivity contribution in [3.05, 3.63) is 108 Å².